The number of hydrogen-bond acceptors (Lipinski definition) is 4. The van der Waals surface area contributed by atoms with E-state index in [0.717, 1.165) is 23.5 Å². The average molecular weight is 216 g/mol. The summed E-state index contributed by atoms with van der Waals surface area (Å²) in [6, 6.07) is 8.51. The van der Waals surface area contributed by atoms with Gasteiger partial charge in [0.15, 0.2) is 6.10 Å². The Kier molecular flexibility index (Phi) is 1.48. The van der Waals surface area contributed by atoms with E-state index in [9.17, 15) is 0 Å². The summed E-state index contributed by atoms with van der Waals surface area (Å²) in [6.45, 7) is 0.653. The maximum atomic E-state index is 5.71. The van der Waals surface area contributed by atoms with Crippen molar-refractivity contribution in [3.63, 3.8) is 0 Å². The number of rotatable bonds is 0. The first-order valence-corrected chi connectivity index (χ1v) is 5.55. The molecule has 82 valence electrons. The molecule has 0 spiro atoms. The van der Waals surface area contributed by atoms with Gasteiger partial charge >= 0.3 is 0 Å². The van der Waals surface area contributed by atoms with Gasteiger partial charge in [-0.15, -0.1) is 0 Å². The highest BCUT2D eigenvalue weighted by atomic mass is 16.7. The molecule has 0 saturated carbocycles. The molecule has 16 heavy (non-hydrogen) atoms. The molecule has 4 rings (SSSR count). The van der Waals surface area contributed by atoms with E-state index in [2.05, 4.69) is 22.8 Å². The van der Waals surface area contributed by atoms with Gasteiger partial charge in [-0.1, -0.05) is 12.1 Å². The Bertz CT molecular complexity index is 484. The van der Waals surface area contributed by atoms with Gasteiger partial charge in [-0.25, -0.2) is 0 Å². The lowest BCUT2D eigenvalue weighted by Crippen LogP contribution is -2.36. The van der Waals surface area contributed by atoms with E-state index in [4.69, 9.17) is 9.47 Å². The van der Waals surface area contributed by atoms with Crippen molar-refractivity contribution >= 4 is 11.4 Å². The van der Waals surface area contributed by atoms with Crippen molar-refractivity contribution in [3.8, 4) is 0 Å². The second-order valence-corrected chi connectivity index (χ2v) is 4.36. The summed E-state index contributed by atoms with van der Waals surface area (Å²) in [5.41, 5.74) is 3.28. The highest BCUT2D eigenvalue weighted by Crippen LogP contribution is 2.38. The van der Waals surface area contributed by atoms with Gasteiger partial charge in [0.2, 0.25) is 0 Å². The number of ether oxygens (including phenoxy) is 2. The van der Waals surface area contributed by atoms with Crippen LogP contribution in [-0.4, -0.2) is 18.8 Å². The first-order valence-electron chi connectivity index (χ1n) is 5.55. The third-order valence-electron chi connectivity index (χ3n) is 3.31. The molecule has 1 aromatic rings. The van der Waals surface area contributed by atoms with Crippen LogP contribution >= 0.6 is 0 Å². The van der Waals surface area contributed by atoms with E-state index in [0.29, 0.717) is 18.6 Å². The number of benzene rings is 1. The molecule has 1 fully saturated rings. The van der Waals surface area contributed by atoms with Crippen LogP contribution in [0, 0.1) is 0 Å². The molecule has 2 atom stereocenters. The van der Waals surface area contributed by atoms with E-state index >= 15 is 0 Å². The van der Waals surface area contributed by atoms with Crippen LogP contribution in [0.5, 0.6) is 0 Å². The molecule has 3 aliphatic rings. The van der Waals surface area contributed by atoms with Gasteiger partial charge in [-0.05, 0) is 12.1 Å². The molecular weight excluding hydrogens is 204 g/mol. The molecule has 4 nitrogen and oxygen atoms in total. The highest BCUT2D eigenvalue weighted by Gasteiger charge is 2.40. The third kappa shape index (κ3) is 1.04. The zero-order chi connectivity index (χ0) is 10.5. The molecule has 2 N–H and O–H groups in total. The van der Waals surface area contributed by atoms with Crippen LogP contribution in [-0.2, 0) is 9.47 Å². The van der Waals surface area contributed by atoms with Crippen molar-refractivity contribution in [2.24, 2.45) is 0 Å². The maximum absolute atomic E-state index is 5.71. The Morgan fingerprint density at radius 3 is 3.00 bits per heavy atom. The number of anilines is 2. The highest BCUT2D eigenvalue weighted by molar-refractivity contribution is 5.72. The third-order valence-corrected chi connectivity index (χ3v) is 3.31. The second-order valence-electron chi connectivity index (χ2n) is 4.36. The van der Waals surface area contributed by atoms with Gasteiger partial charge in [0.25, 0.3) is 5.95 Å². The largest absolute Gasteiger partial charge is 0.460 e. The minimum absolute atomic E-state index is 0.145. The summed E-state index contributed by atoms with van der Waals surface area (Å²) in [5, 5.41) is 6.90. The molecule has 0 aliphatic carbocycles. The fourth-order valence-electron chi connectivity index (χ4n) is 2.48. The van der Waals surface area contributed by atoms with Crippen molar-refractivity contribution < 1.29 is 9.47 Å². The van der Waals surface area contributed by atoms with Crippen molar-refractivity contribution in [1.29, 1.82) is 0 Å². The van der Waals surface area contributed by atoms with Crippen LogP contribution < -0.4 is 10.6 Å². The van der Waals surface area contributed by atoms with E-state index < -0.39 is 0 Å². The Morgan fingerprint density at radius 2 is 2.06 bits per heavy atom. The summed E-state index contributed by atoms with van der Waals surface area (Å²) in [4.78, 5) is 0. The van der Waals surface area contributed by atoms with Gasteiger partial charge in [0, 0.05) is 6.42 Å². The average Bonchev–Trinajstić information content (AvgIpc) is 2.66. The Morgan fingerprint density at radius 1 is 1.19 bits per heavy atom. The quantitative estimate of drug-likeness (QED) is 0.695. The number of fused-ring (bicyclic) bond motifs is 6. The van der Waals surface area contributed by atoms with Gasteiger partial charge in [0.05, 0.1) is 23.1 Å². The van der Waals surface area contributed by atoms with Crippen LogP contribution in [0.25, 0.3) is 0 Å². The Balaban J connectivity index is 1.86. The van der Waals surface area contributed by atoms with E-state index in [1.807, 2.05) is 12.1 Å². The van der Waals surface area contributed by atoms with Crippen LogP contribution in [0.1, 0.15) is 6.42 Å². The number of para-hydroxylation sites is 2. The van der Waals surface area contributed by atoms with Gasteiger partial charge in [-0.3, -0.25) is 0 Å². The zero-order valence-electron chi connectivity index (χ0n) is 8.69. The van der Waals surface area contributed by atoms with E-state index in [-0.39, 0.29) is 6.10 Å². The monoisotopic (exact) mass is 216 g/mol. The molecule has 4 bridgehead atoms. The summed E-state index contributed by atoms with van der Waals surface area (Å²) in [6.07, 6.45) is 1.08. The van der Waals surface area contributed by atoms with Crippen molar-refractivity contribution in [2.45, 2.75) is 18.6 Å². The zero-order valence-corrected chi connectivity index (χ0v) is 8.69. The predicted molar refractivity (Wildman–Crippen MR) is 59.9 cm³/mol. The van der Waals surface area contributed by atoms with Crippen molar-refractivity contribution in [2.75, 3.05) is 17.2 Å². The number of hydrogen-bond donors (Lipinski definition) is 2. The molecule has 0 unspecified atom stereocenters. The normalized spacial score (nSPS) is 29.2. The van der Waals surface area contributed by atoms with Crippen molar-refractivity contribution in [1.82, 2.24) is 0 Å². The fraction of sp³-hybridized carbons (Fsp3) is 0.333. The summed E-state index contributed by atoms with van der Waals surface area (Å²) in [5.74, 6) is 0.680. The SMILES string of the molecule is c1ccc2c(c1)NC1=C3OC[C@@H](O3)[C@H](C1)N2. The Labute approximate surface area is 93.2 Å². The molecule has 1 aromatic carbocycles. The van der Waals surface area contributed by atoms with E-state index in [1.54, 1.807) is 0 Å². The molecule has 3 heterocycles. The molecule has 0 radical (unpaired) electrons. The van der Waals surface area contributed by atoms with Gasteiger partial charge in [-0.2, -0.15) is 0 Å². The summed E-state index contributed by atoms with van der Waals surface area (Å²) in [7, 11) is 0. The minimum atomic E-state index is 0.145. The molecule has 0 amide bonds. The topological polar surface area (TPSA) is 42.5 Å². The van der Waals surface area contributed by atoms with E-state index in [1.165, 1.54) is 0 Å². The number of nitrogens with one attached hydrogen (secondary N) is 2. The predicted octanol–water partition coefficient (Wildman–Crippen LogP) is 1.88. The minimum Gasteiger partial charge on any atom is -0.460 e. The molecule has 3 aliphatic heterocycles. The standard InChI is InChI=1S/C12H12N2O2/c1-2-4-8-7(3-1)13-9-5-10(14-8)12-15-6-11(9)16-12/h1-4,9,11,13-14H,5-6H2/t9-,11+/m0/s1. The maximum Gasteiger partial charge on any atom is 0.300 e. The van der Waals surface area contributed by atoms with Crippen LogP contribution in [0.2, 0.25) is 0 Å². The van der Waals surface area contributed by atoms with Crippen LogP contribution in [0.15, 0.2) is 35.9 Å². The fourth-order valence-corrected chi connectivity index (χ4v) is 2.48. The summed E-state index contributed by atoms with van der Waals surface area (Å²) >= 11 is 0. The van der Waals surface area contributed by atoms with Crippen molar-refractivity contribution in [3.05, 3.63) is 35.9 Å². The molecule has 1 saturated heterocycles. The lowest BCUT2D eigenvalue weighted by atomic mass is 10.1. The first kappa shape index (κ1) is 8.33. The van der Waals surface area contributed by atoms with Gasteiger partial charge < -0.3 is 20.1 Å². The second kappa shape index (κ2) is 2.84. The van der Waals surface area contributed by atoms with Crippen LogP contribution in [0.3, 0.4) is 0 Å². The smallest absolute Gasteiger partial charge is 0.300 e. The van der Waals surface area contributed by atoms with Crippen LogP contribution in [0.4, 0.5) is 11.4 Å². The molecular formula is C12H12N2O2. The lowest BCUT2D eigenvalue weighted by Gasteiger charge is -2.24. The summed E-state index contributed by atoms with van der Waals surface area (Å²) < 4.78 is 11.2. The lowest BCUT2D eigenvalue weighted by molar-refractivity contribution is 0.110. The van der Waals surface area contributed by atoms with Gasteiger partial charge in [0.1, 0.15) is 6.61 Å². The molecule has 4 heteroatoms. The molecule has 0 aromatic heterocycles. The Hall–Kier alpha value is -1.84. The first-order chi connectivity index (χ1) is 7.90.